The highest BCUT2D eigenvalue weighted by atomic mass is 19.1. The Bertz CT molecular complexity index is 1200. The second-order valence-electron chi connectivity index (χ2n) is 7.91. The number of nitrogen functional groups attached to an aromatic ring is 1. The molecular weight excluding hydrogens is 423 g/mol. The predicted molar refractivity (Wildman–Crippen MR) is 122 cm³/mol. The van der Waals surface area contributed by atoms with E-state index in [1.807, 2.05) is 35.2 Å². The zero-order valence-electron chi connectivity index (χ0n) is 17.9. The van der Waals surface area contributed by atoms with Crippen molar-refractivity contribution in [2.75, 3.05) is 23.7 Å². The summed E-state index contributed by atoms with van der Waals surface area (Å²) < 4.78 is 14.1. The molecule has 4 rings (SSSR count). The minimum Gasteiger partial charge on any atom is -0.465 e. The number of nitrogens with zero attached hydrogens (tertiary/aromatic N) is 5. The van der Waals surface area contributed by atoms with Crippen LogP contribution in [0.5, 0.6) is 0 Å². The molecule has 1 aliphatic heterocycles. The van der Waals surface area contributed by atoms with E-state index >= 15 is 0 Å². The lowest BCUT2D eigenvalue weighted by Gasteiger charge is -2.38. The van der Waals surface area contributed by atoms with Gasteiger partial charge in [-0.05, 0) is 30.5 Å². The number of amides is 1. The van der Waals surface area contributed by atoms with Gasteiger partial charge in [-0.25, -0.2) is 14.2 Å². The van der Waals surface area contributed by atoms with E-state index in [0.717, 1.165) is 18.4 Å². The van der Waals surface area contributed by atoms with E-state index in [1.54, 1.807) is 18.2 Å². The standard InChI is InChI=1S/C24H23FN6O2/c25-20-11-17(8-9-18(20)13-26)21-12-22(29-23(27)28-21)30-10-4-7-19(15-30)31(24(32)33)14-16-5-2-1-3-6-16/h1-3,5-6,8-9,11-12,19H,4,7,10,14-15H2,(H,32,33)(H2,27,28,29)/t19-/m1/s1. The zero-order valence-corrected chi connectivity index (χ0v) is 17.9. The number of carboxylic acid groups (broad SMARTS) is 1. The molecule has 9 heteroatoms. The van der Waals surface area contributed by atoms with Crippen LogP contribution in [0.4, 0.5) is 21.0 Å². The average molecular weight is 446 g/mol. The Morgan fingerprint density at radius 2 is 2.03 bits per heavy atom. The Morgan fingerprint density at radius 3 is 2.73 bits per heavy atom. The molecule has 3 aromatic rings. The number of nitrogens with two attached hydrogens (primary N) is 1. The highest BCUT2D eigenvalue weighted by Crippen LogP contribution is 2.27. The minimum absolute atomic E-state index is 0.0359. The van der Waals surface area contributed by atoms with Crippen LogP contribution >= 0.6 is 0 Å². The number of anilines is 2. The molecule has 8 nitrogen and oxygen atoms in total. The Labute approximate surface area is 190 Å². The number of hydrogen-bond donors (Lipinski definition) is 2. The van der Waals surface area contributed by atoms with Gasteiger partial charge < -0.3 is 15.7 Å². The number of carbonyl (C=O) groups is 1. The Kier molecular flexibility index (Phi) is 6.36. The minimum atomic E-state index is -0.971. The molecule has 1 aliphatic rings. The lowest BCUT2D eigenvalue weighted by molar-refractivity contribution is 0.114. The van der Waals surface area contributed by atoms with Crippen molar-refractivity contribution in [2.24, 2.45) is 0 Å². The second kappa shape index (κ2) is 9.53. The van der Waals surface area contributed by atoms with E-state index in [4.69, 9.17) is 11.0 Å². The maximum absolute atomic E-state index is 14.1. The molecule has 1 fully saturated rings. The van der Waals surface area contributed by atoms with Crippen LogP contribution in [0.1, 0.15) is 24.0 Å². The number of hydrogen-bond acceptors (Lipinski definition) is 6. The zero-order chi connectivity index (χ0) is 23.4. The fourth-order valence-corrected chi connectivity index (χ4v) is 4.08. The third-order valence-electron chi connectivity index (χ3n) is 5.72. The molecule has 33 heavy (non-hydrogen) atoms. The predicted octanol–water partition coefficient (Wildman–Crippen LogP) is 3.89. The van der Waals surface area contributed by atoms with Crippen molar-refractivity contribution in [1.82, 2.24) is 14.9 Å². The molecule has 0 saturated carbocycles. The number of aromatic nitrogens is 2. The van der Waals surface area contributed by atoms with E-state index in [0.29, 0.717) is 36.7 Å². The molecule has 0 radical (unpaired) electrons. The number of rotatable bonds is 5. The lowest BCUT2D eigenvalue weighted by Crippen LogP contribution is -2.49. The summed E-state index contributed by atoms with van der Waals surface area (Å²) in [5.41, 5.74) is 7.73. The topological polar surface area (TPSA) is 119 Å². The third kappa shape index (κ3) is 5.01. The van der Waals surface area contributed by atoms with Crippen LogP contribution in [-0.2, 0) is 6.54 Å². The van der Waals surface area contributed by atoms with Gasteiger partial charge in [0.15, 0.2) is 0 Å². The van der Waals surface area contributed by atoms with E-state index in [2.05, 4.69) is 9.97 Å². The molecule has 1 saturated heterocycles. The first-order valence-electron chi connectivity index (χ1n) is 10.6. The second-order valence-corrected chi connectivity index (χ2v) is 7.91. The van der Waals surface area contributed by atoms with Crippen molar-refractivity contribution in [2.45, 2.75) is 25.4 Å². The Balaban J connectivity index is 1.58. The number of nitriles is 1. The normalized spacial score (nSPS) is 15.6. The van der Waals surface area contributed by atoms with Crippen molar-refractivity contribution < 1.29 is 14.3 Å². The summed E-state index contributed by atoms with van der Waals surface area (Å²) in [5.74, 6) is -0.0458. The third-order valence-corrected chi connectivity index (χ3v) is 5.72. The van der Waals surface area contributed by atoms with Crippen LogP contribution in [0.15, 0.2) is 54.6 Å². The van der Waals surface area contributed by atoms with Crippen LogP contribution < -0.4 is 10.6 Å². The number of piperidine rings is 1. The van der Waals surface area contributed by atoms with E-state index in [1.165, 1.54) is 17.0 Å². The molecule has 1 aromatic heterocycles. The molecule has 2 aromatic carbocycles. The number of halogens is 1. The summed E-state index contributed by atoms with van der Waals surface area (Å²) >= 11 is 0. The van der Waals surface area contributed by atoms with Gasteiger partial charge >= 0.3 is 6.09 Å². The molecule has 168 valence electrons. The first-order valence-corrected chi connectivity index (χ1v) is 10.6. The van der Waals surface area contributed by atoms with Gasteiger partial charge in [0.2, 0.25) is 5.95 Å². The average Bonchev–Trinajstić information content (AvgIpc) is 2.82. The fraction of sp³-hybridized carbons (Fsp3) is 0.250. The molecule has 2 heterocycles. The van der Waals surface area contributed by atoms with Crippen molar-refractivity contribution in [1.29, 1.82) is 5.26 Å². The molecule has 1 amide bonds. The maximum Gasteiger partial charge on any atom is 0.407 e. The Hall–Kier alpha value is -4.19. The van der Waals surface area contributed by atoms with Gasteiger partial charge in [-0.15, -0.1) is 0 Å². The summed E-state index contributed by atoms with van der Waals surface area (Å²) in [6.45, 7) is 1.44. The van der Waals surface area contributed by atoms with Crippen LogP contribution in [0, 0.1) is 17.1 Å². The van der Waals surface area contributed by atoms with Crippen molar-refractivity contribution >= 4 is 17.9 Å². The molecule has 1 atom stereocenters. The summed E-state index contributed by atoms with van der Waals surface area (Å²) in [5, 5.41) is 18.8. The van der Waals surface area contributed by atoms with Crippen molar-refractivity contribution in [3.8, 4) is 17.3 Å². The van der Waals surface area contributed by atoms with Crippen LogP contribution in [0.2, 0.25) is 0 Å². The smallest absolute Gasteiger partial charge is 0.407 e. The summed E-state index contributed by atoms with van der Waals surface area (Å²) in [6, 6.07) is 17.0. The summed E-state index contributed by atoms with van der Waals surface area (Å²) in [6.07, 6.45) is 0.555. The van der Waals surface area contributed by atoms with Crippen molar-refractivity contribution in [3.05, 3.63) is 71.5 Å². The van der Waals surface area contributed by atoms with Gasteiger partial charge in [0.05, 0.1) is 17.3 Å². The molecular formula is C24H23FN6O2. The highest BCUT2D eigenvalue weighted by molar-refractivity contribution is 5.67. The lowest BCUT2D eigenvalue weighted by atomic mass is 10.0. The van der Waals surface area contributed by atoms with Gasteiger partial charge in [-0.1, -0.05) is 36.4 Å². The first kappa shape index (κ1) is 22.0. The van der Waals surface area contributed by atoms with Gasteiger partial charge in [0.25, 0.3) is 0 Å². The monoisotopic (exact) mass is 446 g/mol. The first-order chi connectivity index (χ1) is 15.9. The quantitative estimate of drug-likeness (QED) is 0.610. The molecule has 0 spiro atoms. The molecule has 0 unspecified atom stereocenters. The molecule has 0 bridgehead atoms. The van der Waals surface area contributed by atoms with Crippen LogP contribution in [-0.4, -0.2) is 45.2 Å². The summed E-state index contributed by atoms with van der Waals surface area (Å²) in [7, 11) is 0. The highest BCUT2D eigenvalue weighted by Gasteiger charge is 2.29. The maximum atomic E-state index is 14.1. The SMILES string of the molecule is N#Cc1ccc(-c2cc(N3CCC[C@@H](N(Cc4ccccc4)C(=O)O)C3)nc(N)n2)cc1F. The van der Waals surface area contributed by atoms with Gasteiger partial charge in [-0.2, -0.15) is 10.2 Å². The van der Waals surface area contributed by atoms with Crippen molar-refractivity contribution in [3.63, 3.8) is 0 Å². The van der Waals surface area contributed by atoms with E-state index in [9.17, 15) is 14.3 Å². The van der Waals surface area contributed by atoms with E-state index < -0.39 is 11.9 Å². The van der Waals surface area contributed by atoms with Crippen LogP contribution in [0.25, 0.3) is 11.3 Å². The number of benzene rings is 2. The fourth-order valence-electron chi connectivity index (χ4n) is 4.08. The van der Waals surface area contributed by atoms with Gasteiger partial charge in [0.1, 0.15) is 17.7 Å². The summed E-state index contributed by atoms with van der Waals surface area (Å²) in [4.78, 5) is 24.0. The van der Waals surface area contributed by atoms with Gasteiger partial charge in [0, 0.05) is 31.3 Å². The molecule has 3 N–H and O–H groups in total. The van der Waals surface area contributed by atoms with E-state index in [-0.39, 0.29) is 17.6 Å². The van der Waals surface area contributed by atoms with Crippen LogP contribution in [0.3, 0.4) is 0 Å². The van der Waals surface area contributed by atoms with Gasteiger partial charge in [-0.3, -0.25) is 4.90 Å². The molecule has 0 aliphatic carbocycles. The Morgan fingerprint density at radius 1 is 1.24 bits per heavy atom. The largest absolute Gasteiger partial charge is 0.465 e.